The van der Waals surface area contributed by atoms with E-state index in [1.54, 1.807) is 12.3 Å². The third kappa shape index (κ3) is 3.60. The minimum absolute atomic E-state index is 0.785. The molecule has 0 aliphatic carbocycles. The van der Waals surface area contributed by atoms with Gasteiger partial charge >= 0.3 is 0 Å². The minimum Gasteiger partial charge on any atom is -0.364 e. The van der Waals surface area contributed by atoms with Crippen LogP contribution in [0, 0.1) is 0 Å². The highest BCUT2D eigenvalue weighted by Gasteiger charge is 1.99. The van der Waals surface area contributed by atoms with Crippen molar-refractivity contribution in [3.05, 3.63) is 36.9 Å². The molecule has 1 N–H and O–H groups in total. The smallest absolute Gasteiger partial charge is 0.129 e. The molecule has 0 atom stereocenters. The number of hydrogen-bond acceptors (Lipinski definition) is 3. The van der Waals surface area contributed by atoms with Gasteiger partial charge in [-0.1, -0.05) is 31.7 Å². The zero-order chi connectivity index (χ0) is 10.1. The Bertz CT molecular complexity index is 250. The zero-order valence-electron chi connectivity index (χ0n) is 8.37. The van der Waals surface area contributed by atoms with Crippen LogP contribution in [0.4, 0.5) is 0 Å². The SMILES string of the molecule is C=CN/C(=C\C)c1ccon1.CC. The molecule has 3 heteroatoms. The predicted molar refractivity (Wildman–Crippen MR) is 54.8 cm³/mol. The number of nitrogens with one attached hydrogen (secondary N) is 1. The van der Waals surface area contributed by atoms with Gasteiger partial charge < -0.3 is 9.84 Å². The van der Waals surface area contributed by atoms with Crippen molar-refractivity contribution in [3.8, 4) is 0 Å². The Balaban J connectivity index is 0.000000671. The van der Waals surface area contributed by atoms with E-state index in [9.17, 15) is 0 Å². The number of nitrogens with zero attached hydrogens (tertiary/aromatic N) is 1. The zero-order valence-corrected chi connectivity index (χ0v) is 8.37. The van der Waals surface area contributed by atoms with Crippen LogP contribution in [0.25, 0.3) is 5.70 Å². The van der Waals surface area contributed by atoms with E-state index in [4.69, 9.17) is 0 Å². The molecule has 0 saturated carbocycles. The molecule has 0 fully saturated rings. The molecule has 0 saturated heterocycles. The molecule has 0 amide bonds. The van der Waals surface area contributed by atoms with E-state index < -0.39 is 0 Å². The fraction of sp³-hybridized carbons (Fsp3) is 0.300. The van der Waals surface area contributed by atoms with Crippen molar-refractivity contribution in [2.45, 2.75) is 20.8 Å². The van der Waals surface area contributed by atoms with Crippen LogP contribution in [0.1, 0.15) is 26.5 Å². The average Bonchev–Trinajstić information content (AvgIpc) is 2.70. The van der Waals surface area contributed by atoms with Crippen LogP contribution in [0.2, 0.25) is 0 Å². The van der Waals surface area contributed by atoms with E-state index in [0.717, 1.165) is 11.4 Å². The van der Waals surface area contributed by atoms with Crippen LogP contribution in [-0.2, 0) is 0 Å². The van der Waals surface area contributed by atoms with Crippen molar-refractivity contribution in [1.82, 2.24) is 10.5 Å². The van der Waals surface area contributed by atoms with Gasteiger partial charge in [0.1, 0.15) is 12.0 Å². The second-order valence-electron chi connectivity index (χ2n) is 1.94. The highest BCUT2D eigenvalue weighted by Crippen LogP contribution is 2.06. The first-order valence-electron chi connectivity index (χ1n) is 4.33. The first kappa shape index (κ1) is 11.5. The van der Waals surface area contributed by atoms with Crippen LogP contribution in [-0.4, -0.2) is 5.16 Å². The molecule has 0 aromatic carbocycles. The van der Waals surface area contributed by atoms with Crippen LogP contribution in [0.5, 0.6) is 0 Å². The molecule has 3 nitrogen and oxygen atoms in total. The normalized spacial score (nSPS) is 9.92. The number of rotatable bonds is 3. The molecule has 0 unspecified atom stereocenters. The molecule has 0 spiro atoms. The van der Waals surface area contributed by atoms with E-state index in [-0.39, 0.29) is 0 Å². The number of allylic oxidation sites excluding steroid dienone is 1. The second kappa shape index (κ2) is 7.16. The lowest BCUT2D eigenvalue weighted by atomic mass is 10.3. The molecule has 1 aromatic rings. The van der Waals surface area contributed by atoms with Crippen LogP contribution >= 0.6 is 0 Å². The van der Waals surface area contributed by atoms with Gasteiger partial charge in [-0.3, -0.25) is 0 Å². The summed E-state index contributed by atoms with van der Waals surface area (Å²) in [6.45, 7) is 9.47. The summed E-state index contributed by atoms with van der Waals surface area (Å²) in [5.74, 6) is 0. The van der Waals surface area contributed by atoms with Crippen molar-refractivity contribution in [1.29, 1.82) is 0 Å². The van der Waals surface area contributed by atoms with Gasteiger partial charge in [0.05, 0.1) is 5.70 Å². The third-order valence-corrected chi connectivity index (χ3v) is 1.26. The Morgan fingerprint density at radius 1 is 1.62 bits per heavy atom. The summed E-state index contributed by atoms with van der Waals surface area (Å²) < 4.78 is 4.68. The minimum atomic E-state index is 0.785. The highest BCUT2D eigenvalue weighted by atomic mass is 16.5. The van der Waals surface area contributed by atoms with Crippen molar-refractivity contribution >= 4 is 5.70 Å². The van der Waals surface area contributed by atoms with Gasteiger partial charge in [-0.15, -0.1) is 0 Å². The first-order chi connectivity index (χ1) is 6.38. The fourth-order valence-electron chi connectivity index (χ4n) is 0.767. The summed E-state index contributed by atoms with van der Waals surface area (Å²) >= 11 is 0. The number of aromatic nitrogens is 1. The van der Waals surface area contributed by atoms with E-state index in [1.807, 2.05) is 26.8 Å². The lowest BCUT2D eigenvalue weighted by Gasteiger charge is -1.99. The van der Waals surface area contributed by atoms with E-state index in [1.165, 1.54) is 6.26 Å². The van der Waals surface area contributed by atoms with Gasteiger partial charge in [0.2, 0.25) is 0 Å². The van der Waals surface area contributed by atoms with E-state index in [0.29, 0.717) is 0 Å². The van der Waals surface area contributed by atoms with Gasteiger partial charge in [-0.2, -0.15) is 0 Å². The van der Waals surface area contributed by atoms with Gasteiger partial charge in [0.25, 0.3) is 0 Å². The Kier molecular flexibility index (Phi) is 6.32. The molecular weight excluding hydrogens is 164 g/mol. The van der Waals surface area contributed by atoms with Gasteiger partial charge in [0, 0.05) is 6.07 Å². The van der Waals surface area contributed by atoms with Crippen molar-refractivity contribution in [3.63, 3.8) is 0 Å². The standard InChI is InChI=1S/C8H10N2O.C2H6/c1-3-7(9-4-2)8-5-6-11-10-8;1-2/h3-6,9H,2H2,1H3;1-2H3/b7-3-;. The van der Waals surface area contributed by atoms with Crippen molar-refractivity contribution < 1.29 is 4.52 Å². The Morgan fingerprint density at radius 3 is 2.69 bits per heavy atom. The van der Waals surface area contributed by atoms with Gasteiger partial charge in [-0.25, -0.2) is 0 Å². The summed E-state index contributed by atoms with van der Waals surface area (Å²) in [4.78, 5) is 0. The predicted octanol–water partition coefficient (Wildman–Crippen LogP) is 2.79. The molecule has 1 rings (SSSR count). The third-order valence-electron chi connectivity index (χ3n) is 1.26. The molecule has 0 aliphatic heterocycles. The molecule has 1 aromatic heterocycles. The van der Waals surface area contributed by atoms with Crippen LogP contribution in [0.3, 0.4) is 0 Å². The highest BCUT2D eigenvalue weighted by molar-refractivity contribution is 5.60. The second-order valence-corrected chi connectivity index (χ2v) is 1.94. The maximum atomic E-state index is 4.68. The number of hydrogen-bond donors (Lipinski definition) is 1. The largest absolute Gasteiger partial charge is 0.364 e. The topological polar surface area (TPSA) is 38.1 Å². The Labute approximate surface area is 79.1 Å². The van der Waals surface area contributed by atoms with Gasteiger partial charge in [-0.05, 0) is 13.1 Å². The summed E-state index contributed by atoms with van der Waals surface area (Å²) in [5, 5.41) is 6.69. The Morgan fingerprint density at radius 2 is 2.31 bits per heavy atom. The summed E-state index contributed by atoms with van der Waals surface area (Å²) in [6, 6.07) is 1.78. The fourth-order valence-corrected chi connectivity index (χ4v) is 0.767. The van der Waals surface area contributed by atoms with Crippen molar-refractivity contribution in [2.24, 2.45) is 0 Å². The van der Waals surface area contributed by atoms with Crippen LogP contribution in [0.15, 0.2) is 35.7 Å². The molecule has 0 radical (unpaired) electrons. The molecule has 0 aliphatic rings. The lowest BCUT2D eigenvalue weighted by Crippen LogP contribution is -2.02. The summed E-state index contributed by atoms with van der Waals surface area (Å²) in [5.41, 5.74) is 1.68. The molecular formula is C10H16N2O. The molecule has 13 heavy (non-hydrogen) atoms. The first-order valence-corrected chi connectivity index (χ1v) is 4.33. The maximum Gasteiger partial charge on any atom is 0.129 e. The monoisotopic (exact) mass is 180 g/mol. The molecule has 0 bridgehead atoms. The van der Waals surface area contributed by atoms with Gasteiger partial charge in [0.15, 0.2) is 0 Å². The summed E-state index contributed by atoms with van der Waals surface area (Å²) in [7, 11) is 0. The van der Waals surface area contributed by atoms with E-state index >= 15 is 0 Å². The van der Waals surface area contributed by atoms with Crippen molar-refractivity contribution in [2.75, 3.05) is 0 Å². The quantitative estimate of drug-likeness (QED) is 0.777. The van der Waals surface area contributed by atoms with E-state index in [2.05, 4.69) is 21.6 Å². The lowest BCUT2D eigenvalue weighted by molar-refractivity contribution is 0.417. The summed E-state index contributed by atoms with van der Waals surface area (Å²) in [6.07, 6.45) is 5.03. The average molecular weight is 180 g/mol. The van der Waals surface area contributed by atoms with Crippen LogP contribution < -0.4 is 5.32 Å². The molecule has 1 heterocycles. The molecule has 72 valence electrons. The Hall–Kier alpha value is -1.51. The maximum absolute atomic E-state index is 4.68.